The molecular weight excluding hydrogens is 367 g/mol. The second-order valence-electron chi connectivity index (χ2n) is 4.03. The Morgan fingerprint density at radius 1 is 1.35 bits per heavy atom. The van der Waals surface area contributed by atoms with Crippen LogP contribution in [0.2, 0.25) is 0 Å². The van der Waals surface area contributed by atoms with E-state index in [4.69, 9.17) is 0 Å². The molecule has 8 heteroatoms. The zero-order valence-electron chi connectivity index (χ0n) is 10.5. The van der Waals surface area contributed by atoms with E-state index in [9.17, 15) is 12.8 Å². The molecule has 0 radical (unpaired) electrons. The lowest BCUT2D eigenvalue weighted by Crippen LogP contribution is -2.12. The number of rotatable bonds is 5. The number of hydrogen-bond donors (Lipinski definition) is 2. The average molecular weight is 379 g/mol. The average Bonchev–Trinajstić information content (AvgIpc) is 2.83. The van der Waals surface area contributed by atoms with E-state index >= 15 is 0 Å². The van der Waals surface area contributed by atoms with Crippen LogP contribution in [0.5, 0.6) is 0 Å². The second-order valence-corrected chi connectivity index (χ2v) is 7.71. The van der Waals surface area contributed by atoms with Gasteiger partial charge in [0.15, 0.2) is 0 Å². The van der Waals surface area contributed by atoms with Crippen LogP contribution in [-0.2, 0) is 16.6 Å². The van der Waals surface area contributed by atoms with Crippen molar-refractivity contribution in [2.75, 3.05) is 11.8 Å². The molecule has 0 spiro atoms. The molecule has 108 valence electrons. The van der Waals surface area contributed by atoms with E-state index in [2.05, 4.69) is 26.0 Å². The molecule has 20 heavy (non-hydrogen) atoms. The van der Waals surface area contributed by atoms with E-state index in [1.54, 1.807) is 18.5 Å². The van der Waals surface area contributed by atoms with Gasteiger partial charge < -0.3 is 5.32 Å². The summed E-state index contributed by atoms with van der Waals surface area (Å²) in [5.74, 6) is -0.438. The van der Waals surface area contributed by atoms with Crippen molar-refractivity contribution >= 4 is 43.0 Å². The highest BCUT2D eigenvalue weighted by atomic mass is 79.9. The Balaban J connectivity index is 2.26. The summed E-state index contributed by atoms with van der Waals surface area (Å²) in [6.45, 7) is 0.603. The lowest BCUT2D eigenvalue weighted by atomic mass is 10.3. The highest BCUT2D eigenvalue weighted by molar-refractivity contribution is 9.10. The third-order valence-electron chi connectivity index (χ3n) is 2.45. The molecule has 0 atom stereocenters. The molecule has 0 amide bonds. The molecule has 0 aliphatic rings. The summed E-state index contributed by atoms with van der Waals surface area (Å²) in [5, 5.41) is 4.74. The van der Waals surface area contributed by atoms with Crippen molar-refractivity contribution in [3.8, 4) is 0 Å². The third kappa shape index (κ3) is 3.57. The van der Waals surface area contributed by atoms with Gasteiger partial charge in [-0.3, -0.25) is 4.72 Å². The lowest BCUT2D eigenvalue weighted by Gasteiger charge is -2.08. The molecular formula is C12H12BrFN2O2S2. The molecule has 0 saturated carbocycles. The maximum absolute atomic E-state index is 13.0. The molecule has 1 aromatic heterocycles. The van der Waals surface area contributed by atoms with Crippen molar-refractivity contribution in [2.45, 2.75) is 10.8 Å². The summed E-state index contributed by atoms with van der Waals surface area (Å²) in [7, 11) is -1.87. The van der Waals surface area contributed by atoms with Gasteiger partial charge in [-0.25, -0.2) is 12.8 Å². The number of anilines is 1. The maximum atomic E-state index is 13.0. The number of halogens is 2. The minimum atomic E-state index is -3.66. The largest absolute Gasteiger partial charge is 0.316 e. The quantitative estimate of drug-likeness (QED) is 0.839. The van der Waals surface area contributed by atoms with Crippen LogP contribution < -0.4 is 10.0 Å². The highest BCUT2D eigenvalue weighted by Crippen LogP contribution is 2.28. The van der Waals surface area contributed by atoms with E-state index in [1.165, 1.54) is 18.2 Å². The number of thiophene rings is 1. The number of hydrogen-bond acceptors (Lipinski definition) is 4. The Kier molecular flexibility index (Phi) is 4.79. The van der Waals surface area contributed by atoms with Crippen LogP contribution in [0.4, 0.5) is 10.1 Å². The van der Waals surface area contributed by atoms with Gasteiger partial charge in [0, 0.05) is 11.0 Å². The minimum absolute atomic E-state index is 0.221. The van der Waals surface area contributed by atoms with Crippen molar-refractivity contribution in [3.05, 3.63) is 45.5 Å². The van der Waals surface area contributed by atoms with E-state index in [1.807, 2.05) is 0 Å². The molecule has 0 saturated heterocycles. The zero-order chi connectivity index (χ0) is 14.8. The van der Waals surface area contributed by atoms with Gasteiger partial charge in [-0.2, -0.15) is 0 Å². The molecule has 0 fully saturated rings. The van der Waals surface area contributed by atoms with Gasteiger partial charge in [-0.05, 0) is 58.2 Å². The highest BCUT2D eigenvalue weighted by Gasteiger charge is 2.18. The minimum Gasteiger partial charge on any atom is -0.316 e. The van der Waals surface area contributed by atoms with Gasteiger partial charge in [0.25, 0.3) is 10.0 Å². The van der Waals surface area contributed by atoms with E-state index in [0.717, 1.165) is 16.9 Å². The molecule has 0 aliphatic carbocycles. The van der Waals surface area contributed by atoms with Crippen molar-refractivity contribution in [1.82, 2.24) is 5.32 Å². The number of sulfonamides is 1. The third-order valence-corrected chi connectivity index (χ3v) is 5.96. The predicted octanol–water partition coefficient (Wildman–Crippen LogP) is 3.17. The van der Waals surface area contributed by atoms with Crippen LogP contribution in [-0.4, -0.2) is 15.5 Å². The van der Waals surface area contributed by atoms with Crippen LogP contribution in [0.15, 0.2) is 38.3 Å². The van der Waals surface area contributed by atoms with Gasteiger partial charge in [0.1, 0.15) is 10.0 Å². The first-order valence-electron chi connectivity index (χ1n) is 5.62. The van der Waals surface area contributed by atoms with Crippen LogP contribution >= 0.6 is 27.3 Å². The lowest BCUT2D eigenvalue weighted by molar-refractivity contribution is 0.602. The fourth-order valence-electron chi connectivity index (χ4n) is 1.56. The van der Waals surface area contributed by atoms with Gasteiger partial charge in [0.2, 0.25) is 0 Å². The van der Waals surface area contributed by atoms with E-state index in [0.29, 0.717) is 16.7 Å². The summed E-state index contributed by atoms with van der Waals surface area (Å²) in [6.07, 6.45) is 0. The first kappa shape index (κ1) is 15.4. The Bertz CT molecular complexity index is 716. The van der Waals surface area contributed by atoms with Crippen LogP contribution in [0.25, 0.3) is 0 Å². The monoisotopic (exact) mass is 378 g/mol. The molecule has 1 heterocycles. The molecule has 4 nitrogen and oxygen atoms in total. The van der Waals surface area contributed by atoms with Crippen molar-refractivity contribution in [1.29, 1.82) is 0 Å². The maximum Gasteiger partial charge on any atom is 0.271 e. The Morgan fingerprint density at radius 3 is 2.75 bits per heavy atom. The normalized spacial score (nSPS) is 11.6. The van der Waals surface area contributed by atoms with Gasteiger partial charge in [-0.15, -0.1) is 11.3 Å². The summed E-state index contributed by atoms with van der Waals surface area (Å²) in [4.78, 5) is 0. The molecule has 2 aromatic rings. The molecule has 0 aliphatic heterocycles. The number of nitrogens with one attached hydrogen (secondary N) is 2. The summed E-state index contributed by atoms with van der Waals surface area (Å²) in [5.41, 5.74) is 1.20. The Labute approximate surface area is 129 Å². The SMILES string of the molecule is CNCc1csc(S(=O)(=O)Nc2ccc(F)cc2Br)c1. The summed E-state index contributed by atoms with van der Waals surface area (Å²) < 4.78 is 40.4. The fraction of sp³-hybridized carbons (Fsp3) is 0.167. The van der Waals surface area contributed by atoms with Crippen molar-refractivity contribution in [3.63, 3.8) is 0 Å². The van der Waals surface area contributed by atoms with Crippen LogP contribution in [0, 0.1) is 5.82 Å². The molecule has 1 aromatic carbocycles. The smallest absolute Gasteiger partial charge is 0.271 e. The Hall–Kier alpha value is -0.960. The van der Waals surface area contributed by atoms with E-state index in [-0.39, 0.29) is 4.21 Å². The molecule has 0 unspecified atom stereocenters. The summed E-state index contributed by atoms with van der Waals surface area (Å²) >= 11 is 4.27. The van der Waals surface area contributed by atoms with Crippen molar-refractivity contribution in [2.24, 2.45) is 0 Å². The standard InChI is InChI=1S/C12H12BrFN2O2S2/c1-15-6-8-4-12(19-7-8)20(17,18)16-11-3-2-9(14)5-10(11)13/h2-5,7,15-16H,6H2,1H3. The summed E-state index contributed by atoms with van der Waals surface area (Å²) in [6, 6.07) is 5.39. The number of benzene rings is 1. The predicted molar refractivity (Wildman–Crippen MR) is 82.0 cm³/mol. The fourth-order valence-corrected chi connectivity index (χ4v) is 4.43. The first-order valence-corrected chi connectivity index (χ1v) is 8.78. The van der Waals surface area contributed by atoms with Gasteiger partial charge in [-0.1, -0.05) is 0 Å². The van der Waals surface area contributed by atoms with Crippen molar-refractivity contribution < 1.29 is 12.8 Å². The zero-order valence-corrected chi connectivity index (χ0v) is 13.7. The van der Waals surface area contributed by atoms with E-state index < -0.39 is 15.8 Å². The second kappa shape index (κ2) is 6.21. The first-order chi connectivity index (χ1) is 9.42. The molecule has 2 rings (SSSR count). The van der Waals surface area contributed by atoms with Gasteiger partial charge >= 0.3 is 0 Å². The topological polar surface area (TPSA) is 58.2 Å². The van der Waals surface area contributed by atoms with Crippen LogP contribution in [0.1, 0.15) is 5.56 Å². The molecule has 0 bridgehead atoms. The Morgan fingerprint density at radius 2 is 2.10 bits per heavy atom. The molecule has 2 N–H and O–H groups in total. The van der Waals surface area contributed by atoms with Gasteiger partial charge in [0.05, 0.1) is 5.69 Å². The van der Waals surface area contributed by atoms with Crippen LogP contribution in [0.3, 0.4) is 0 Å².